The fraction of sp³-hybridized carbons (Fsp3) is 0.182. The maximum absolute atomic E-state index is 12.9. The molecule has 2 aromatic rings. The van der Waals surface area contributed by atoms with Crippen molar-refractivity contribution >= 4 is 34.3 Å². The Morgan fingerprint density at radius 3 is 3.11 bits per heavy atom. The summed E-state index contributed by atoms with van der Waals surface area (Å²) in [5.41, 5.74) is 0.247. The molecule has 0 spiro atoms. The van der Waals surface area contributed by atoms with Gasteiger partial charge in [-0.3, -0.25) is 4.79 Å². The van der Waals surface area contributed by atoms with Gasteiger partial charge < -0.3 is 10.1 Å². The summed E-state index contributed by atoms with van der Waals surface area (Å²) in [6.45, 7) is 1.20. The second-order valence-corrected chi connectivity index (χ2v) is 5.04. The number of ether oxygens (including phenoxy) is 1. The standard InChI is InChI=1S/C11H8FIN4O2/c12-6-3-7(13)10(14-5-6)15-11(18)8-4-9-17(16-8)1-2-19-9/h3-5H,1-2H2,(H,14,15,18). The third kappa shape index (κ3) is 2.39. The summed E-state index contributed by atoms with van der Waals surface area (Å²) in [6.07, 6.45) is 1.05. The molecule has 1 amide bonds. The summed E-state index contributed by atoms with van der Waals surface area (Å²) < 4.78 is 20.3. The lowest BCUT2D eigenvalue weighted by Crippen LogP contribution is -2.15. The molecule has 0 atom stereocenters. The van der Waals surface area contributed by atoms with Crippen LogP contribution in [0, 0.1) is 9.39 Å². The molecular weight excluding hydrogens is 366 g/mol. The van der Waals surface area contributed by atoms with Crippen LogP contribution in [0.1, 0.15) is 10.5 Å². The highest BCUT2D eigenvalue weighted by Gasteiger charge is 2.19. The number of anilines is 1. The Morgan fingerprint density at radius 2 is 2.37 bits per heavy atom. The molecule has 0 saturated carbocycles. The first-order chi connectivity index (χ1) is 9.13. The molecule has 2 aromatic heterocycles. The van der Waals surface area contributed by atoms with Gasteiger partial charge in [0.1, 0.15) is 18.2 Å². The number of fused-ring (bicyclic) bond motifs is 1. The lowest BCUT2D eigenvalue weighted by atomic mass is 10.4. The molecule has 1 N–H and O–H groups in total. The van der Waals surface area contributed by atoms with E-state index in [0.717, 1.165) is 6.20 Å². The Labute approximate surface area is 121 Å². The van der Waals surface area contributed by atoms with Gasteiger partial charge in [-0.25, -0.2) is 14.1 Å². The fourth-order valence-corrected chi connectivity index (χ4v) is 2.27. The third-order valence-electron chi connectivity index (χ3n) is 2.57. The molecule has 98 valence electrons. The van der Waals surface area contributed by atoms with Gasteiger partial charge in [0.05, 0.1) is 16.3 Å². The Kier molecular flexibility index (Phi) is 3.09. The number of carbonyl (C=O) groups is 1. The molecule has 0 aromatic carbocycles. The van der Waals surface area contributed by atoms with E-state index in [-0.39, 0.29) is 5.69 Å². The van der Waals surface area contributed by atoms with Crippen molar-refractivity contribution in [2.45, 2.75) is 6.54 Å². The first-order valence-electron chi connectivity index (χ1n) is 5.46. The van der Waals surface area contributed by atoms with Gasteiger partial charge in [-0.05, 0) is 28.7 Å². The second-order valence-electron chi connectivity index (χ2n) is 3.88. The van der Waals surface area contributed by atoms with E-state index >= 15 is 0 Å². The van der Waals surface area contributed by atoms with Crippen molar-refractivity contribution in [3.8, 4) is 5.88 Å². The summed E-state index contributed by atoms with van der Waals surface area (Å²) in [4.78, 5) is 15.8. The third-order valence-corrected chi connectivity index (χ3v) is 3.39. The highest BCUT2D eigenvalue weighted by molar-refractivity contribution is 14.1. The number of nitrogens with zero attached hydrogens (tertiary/aromatic N) is 3. The topological polar surface area (TPSA) is 69.0 Å². The highest BCUT2D eigenvalue weighted by Crippen LogP contribution is 2.20. The Hall–Kier alpha value is -1.71. The van der Waals surface area contributed by atoms with Crippen molar-refractivity contribution in [2.75, 3.05) is 11.9 Å². The van der Waals surface area contributed by atoms with Crippen LogP contribution in [0.25, 0.3) is 0 Å². The molecule has 1 aliphatic heterocycles. The summed E-state index contributed by atoms with van der Waals surface area (Å²) in [5, 5.41) is 6.70. The summed E-state index contributed by atoms with van der Waals surface area (Å²) in [5.74, 6) is 0.0345. The number of rotatable bonds is 2. The van der Waals surface area contributed by atoms with Crippen LogP contribution >= 0.6 is 22.6 Å². The van der Waals surface area contributed by atoms with E-state index in [1.165, 1.54) is 6.07 Å². The highest BCUT2D eigenvalue weighted by atomic mass is 127. The number of halogens is 2. The molecule has 6 nitrogen and oxygen atoms in total. The van der Waals surface area contributed by atoms with Gasteiger partial charge in [0, 0.05) is 6.07 Å². The molecule has 0 saturated heterocycles. The Bertz CT molecular complexity index is 637. The minimum absolute atomic E-state index is 0.247. The number of hydrogen-bond donors (Lipinski definition) is 1. The van der Waals surface area contributed by atoms with E-state index in [1.807, 2.05) is 22.6 Å². The molecule has 0 bridgehead atoms. The quantitative estimate of drug-likeness (QED) is 0.813. The predicted molar refractivity (Wildman–Crippen MR) is 72.6 cm³/mol. The molecule has 19 heavy (non-hydrogen) atoms. The van der Waals surface area contributed by atoms with Crippen LogP contribution in [0.15, 0.2) is 18.3 Å². The SMILES string of the molecule is O=C(Nc1ncc(F)cc1I)c1cc2n(n1)CCO2. The first kappa shape index (κ1) is 12.3. The van der Waals surface area contributed by atoms with E-state index in [2.05, 4.69) is 15.4 Å². The van der Waals surface area contributed by atoms with Crippen LogP contribution < -0.4 is 10.1 Å². The van der Waals surface area contributed by atoms with E-state index < -0.39 is 11.7 Å². The summed E-state index contributed by atoms with van der Waals surface area (Å²) in [6, 6.07) is 2.86. The normalized spacial score (nSPS) is 12.9. The minimum atomic E-state index is -0.447. The monoisotopic (exact) mass is 374 g/mol. The van der Waals surface area contributed by atoms with Gasteiger partial charge in [-0.2, -0.15) is 5.10 Å². The summed E-state index contributed by atoms with van der Waals surface area (Å²) in [7, 11) is 0. The van der Waals surface area contributed by atoms with Crippen LogP contribution in [0.2, 0.25) is 0 Å². The van der Waals surface area contributed by atoms with Crippen molar-refractivity contribution in [3.05, 3.63) is 33.4 Å². The van der Waals surface area contributed by atoms with Crippen molar-refractivity contribution in [2.24, 2.45) is 0 Å². The molecule has 1 aliphatic rings. The lowest BCUT2D eigenvalue weighted by Gasteiger charge is -2.04. The van der Waals surface area contributed by atoms with Crippen molar-refractivity contribution in [3.63, 3.8) is 0 Å². The number of nitrogens with one attached hydrogen (secondary N) is 1. The zero-order valence-electron chi connectivity index (χ0n) is 9.56. The van der Waals surface area contributed by atoms with E-state index in [9.17, 15) is 9.18 Å². The predicted octanol–water partition coefficient (Wildman–Crippen LogP) is 1.67. The molecule has 0 unspecified atom stereocenters. The van der Waals surface area contributed by atoms with E-state index in [0.29, 0.717) is 28.4 Å². The second kappa shape index (κ2) is 4.76. The van der Waals surface area contributed by atoms with Crippen LogP contribution in [0.5, 0.6) is 5.88 Å². The molecule has 3 rings (SSSR count). The average molecular weight is 374 g/mol. The smallest absolute Gasteiger partial charge is 0.277 e. The van der Waals surface area contributed by atoms with Gasteiger partial charge in [0.2, 0.25) is 5.88 Å². The fourth-order valence-electron chi connectivity index (χ4n) is 1.70. The zero-order chi connectivity index (χ0) is 13.4. The molecule has 0 fully saturated rings. The molecule has 8 heteroatoms. The number of pyridine rings is 1. The average Bonchev–Trinajstić information content (AvgIpc) is 2.93. The van der Waals surface area contributed by atoms with Crippen LogP contribution in [0.3, 0.4) is 0 Å². The van der Waals surface area contributed by atoms with Gasteiger partial charge in [0.25, 0.3) is 5.91 Å². The van der Waals surface area contributed by atoms with Crippen molar-refractivity contribution in [1.29, 1.82) is 0 Å². The molecular formula is C11H8FIN4O2. The van der Waals surface area contributed by atoms with Gasteiger partial charge >= 0.3 is 0 Å². The van der Waals surface area contributed by atoms with Gasteiger partial charge in [-0.15, -0.1) is 0 Å². The Morgan fingerprint density at radius 1 is 1.53 bits per heavy atom. The van der Waals surface area contributed by atoms with Gasteiger partial charge in [0.15, 0.2) is 5.69 Å². The molecule has 0 aliphatic carbocycles. The lowest BCUT2D eigenvalue weighted by molar-refractivity contribution is 0.102. The minimum Gasteiger partial charge on any atom is -0.476 e. The Balaban J connectivity index is 1.80. The van der Waals surface area contributed by atoms with Crippen LogP contribution in [-0.4, -0.2) is 27.3 Å². The molecule has 3 heterocycles. The van der Waals surface area contributed by atoms with E-state index in [1.54, 1.807) is 10.7 Å². The number of aromatic nitrogens is 3. The largest absolute Gasteiger partial charge is 0.476 e. The number of hydrogen-bond acceptors (Lipinski definition) is 4. The summed E-state index contributed by atoms with van der Waals surface area (Å²) >= 11 is 1.90. The van der Waals surface area contributed by atoms with E-state index in [4.69, 9.17) is 4.74 Å². The zero-order valence-corrected chi connectivity index (χ0v) is 11.7. The molecule has 0 radical (unpaired) electrons. The van der Waals surface area contributed by atoms with Gasteiger partial charge in [-0.1, -0.05) is 0 Å². The van der Waals surface area contributed by atoms with Crippen molar-refractivity contribution in [1.82, 2.24) is 14.8 Å². The number of amides is 1. The van der Waals surface area contributed by atoms with Crippen molar-refractivity contribution < 1.29 is 13.9 Å². The first-order valence-corrected chi connectivity index (χ1v) is 6.54. The maximum atomic E-state index is 12.9. The van der Waals surface area contributed by atoms with Crippen LogP contribution in [0.4, 0.5) is 10.2 Å². The number of carbonyl (C=O) groups excluding carboxylic acids is 1. The van der Waals surface area contributed by atoms with Crippen LogP contribution in [-0.2, 0) is 6.54 Å². The maximum Gasteiger partial charge on any atom is 0.277 e.